The highest BCUT2D eigenvalue weighted by Gasteiger charge is 2.21. The van der Waals surface area contributed by atoms with Gasteiger partial charge in [-0.25, -0.2) is 0 Å². The number of carbonyl (C=O) groups is 1. The molecule has 0 aliphatic heterocycles. The van der Waals surface area contributed by atoms with Crippen molar-refractivity contribution in [3.63, 3.8) is 0 Å². The van der Waals surface area contributed by atoms with Crippen LogP contribution in [0.1, 0.15) is 32.9 Å². The van der Waals surface area contributed by atoms with E-state index < -0.39 is 4.92 Å². The Labute approximate surface area is 193 Å². The number of ether oxygens (including phenoxy) is 1. The third-order valence-corrected chi connectivity index (χ3v) is 5.23. The van der Waals surface area contributed by atoms with Gasteiger partial charge in [-0.1, -0.05) is 24.3 Å². The largest absolute Gasteiger partial charge is 0.492 e. The molecular formula is C24H29N5O4. The van der Waals surface area contributed by atoms with E-state index in [9.17, 15) is 14.9 Å². The number of nitro groups is 1. The van der Waals surface area contributed by atoms with E-state index in [1.807, 2.05) is 50.5 Å². The Bertz CT molecular complexity index is 1120. The number of nitrogens with one attached hydrogen (secondary N) is 1. The second-order valence-electron chi connectivity index (χ2n) is 8.11. The lowest BCUT2D eigenvalue weighted by Crippen LogP contribution is -2.23. The number of carbonyl (C=O) groups excluding carboxylic acids is 1. The van der Waals surface area contributed by atoms with Crippen molar-refractivity contribution >= 4 is 11.6 Å². The van der Waals surface area contributed by atoms with Gasteiger partial charge in [-0.2, -0.15) is 5.10 Å². The summed E-state index contributed by atoms with van der Waals surface area (Å²) in [5.41, 5.74) is 3.32. The number of amides is 1. The minimum absolute atomic E-state index is 0.0400. The third-order valence-electron chi connectivity index (χ3n) is 5.23. The molecular weight excluding hydrogens is 422 g/mol. The maximum absolute atomic E-state index is 12.6. The Hall–Kier alpha value is -3.72. The SMILES string of the molecule is Cc1nn(Cc2ccc(C(=O)NCc3cccc(OCCN(C)C)c3)cc2)c(C)c1[N+](=O)[O-]. The number of benzene rings is 2. The van der Waals surface area contributed by atoms with Crippen molar-refractivity contribution < 1.29 is 14.5 Å². The normalized spacial score (nSPS) is 10.9. The van der Waals surface area contributed by atoms with Crippen molar-refractivity contribution in [2.24, 2.45) is 0 Å². The minimum Gasteiger partial charge on any atom is -0.492 e. The summed E-state index contributed by atoms with van der Waals surface area (Å²) in [6, 6.07) is 14.8. The molecule has 0 radical (unpaired) electrons. The molecule has 0 spiro atoms. The van der Waals surface area contributed by atoms with E-state index in [2.05, 4.69) is 15.3 Å². The van der Waals surface area contributed by atoms with Gasteiger partial charge in [0.05, 0.1) is 11.5 Å². The van der Waals surface area contributed by atoms with Crippen molar-refractivity contribution in [3.05, 3.63) is 86.7 Å². The van der Waals surface area contributed by atoms with E-state index in [-0.39, 0.29) is 11.6 Å². The van der Waals surface area contributed by atoms with Gasteiger partial charge in [0.1, 0.15) is 23.7 Å². The molecule has 0 atom stereocenters. The van der Waals surface area contributed by atoms with Crippen LogP contribution in [0.15, 0.2) is 48.5 Å². The summed E-state index contributed by atoms with van der Waals surface area (Å²) in [6.07, 6.45) is 0. The van der Waals surface area contributed by atoms with E-state index in [4.69, 9.17) is 4.74 Å². The molecule has 0 saturated carbocycles. The summed E-state index contributed by atoms with van der Waals surface area (Å²) < 4.78 is 7.35. The summed E-state index contributed by atoms with van der Waals surface area (Å²) in [5.74, 6) is 0.597. The third kappa shape index (κ3) is 6.39. The van der Waals surface area contributed by atoms with Crippen LogP contribution in [-0.4, -0.2) is 52.8 Å². The first kappa shape index (κ1) is 23.9. The number of likely N-dealkylation sites (N-methyl/N-ethyl adjacent to an activating group) is 1. The van der Waals surface area contributed by atoms with Crippen LogP contribution in [0, 0.1) is 24.0 Å². The second kappa shape index (κ2) is 10.7. The Balaban J connectivity index is 1.57. The van der Waals surface area contributed by atoms with E-state index in [0.29, 0.717) is 36.6 Å². The zero-order valence-electron chi connectivity index (χ0n) is 19.4. The molecule has 0 fully saturated rings. The number of hydrogen-bond acceptors (Lipinski definition) is 6. The van der Waals surface area contributed by atoms with E-state index in [1.54, 1.807) is 30.7 Å². The van der Waals surface area contributed by atoms with E-state index in [0.717, 1.165) is 23.4 Å². The first-order valence-corrected chi connectivity index (χ1v) is 10.7. The fourth-order valence-corrected chi connectivity index (χ4v) is 3.42. The fourth-order valence-electron chi connectivity index (χ4n) is 3.42. The maximum Gasteiger partial charge on any atom is 0.312 e. The van der Waals surface area contributed by atoms with Gasteiger partial charge in [0.25, 0.3) is 5.91 Å². The van der Waals surface area contributed by atoms with Gasteiger partial charge >= 0.3 is 5.69 Å². The highest BCUT2D eigenvalue weighted by atomic mass is 16.6. The quantitative estimate of drug-likeness (QED) is 0.375. The van der Waals surface area contributed by atoms with Crippen LogP contribution in [0.2, 0.25) is 0 Å². The van der Waals surface area contributed by atoms with Gasteiger partial charge in [-0.05, 0) is 63.3 Å². The predicted octanol–water partition coefficient (Wildman–Crippen LogP) is 3.33. The first-order chi connectivity index (χ1) is 15.7. The summed E-state index contributed by atoms with van der Waals surface area (Å²) in [5, 5.41) is 18.4. The Morgan fingerprint density at radius 1 is 1.15 bits per heavy atom. The van der Waals surface area contributed by atoms with E-state index in [1.165, 1.54) is 0 Å². The zero-order chi connectivity index (χ0) is 24.0. The number of aromatic nitrogens is 2. The average molecular weight is 452 g/mol. The van der Waals surface area contributed by atoms with Crippen molar-refractivity contribution in [2.75, 3.05) is 27.2 Å². The zero-order valence-corrected chi connectivity index (χ0v) is 19.4. The first-order valence-electron chi connectivity index (χ1n) is 10.7. The van der Waals surface area contributed by atoms with Crippen LogP contribution in [0.4, 0.5) is 5.69 Å². The summed E-state index contributed by atoms with van der Waals surface area (Å²) in [7, 11) is 3.99. The van der Waals surface area contributed by atoms with Crippen molar-refractivity contribution in [1.82, 2.24) is 20.0 Å². The number of nitrogens with zero attached hydrogens (tertiary/aromatic N) is 4. The molecule has 174 valence electrons. The van der Waals surface area contributed by atoms with Crippen molar-refractivity contribution in [3.8, 4) is 5.75 Å². The van der Waals surface area contributed by atoms with Crippen LogP contribution < -0.4 is 10.1 Å². The number of rotatable bonds is 10. The predicted molar refractivity (Wildman–Crippen MR) is 126 cm³/mol. The molecule has 9 nitrogen and oxygen atoms in total. The lowest BCUT2D eigenvalue weighted by Gasteiger charge is -2.12. The lowest BCUT2D eigenvalue weighted by molar-refractivity contribution is -0.386. The van der Waals surface area contributed by atoms with Gasteiger partial charge in [-0.15, -0.1) is 0 Å². The highest BCUT2D eigenvalue weighted by molar-refractivity contribution is 5.94. The topological polar surface area (TPSA) is 103 Å². The lowest BCUT2D eigenvalue weighted by atomic mass is 10.1. The molecule has 0 aliphatic rings. The highest BCUT2D eigenvalue weighted by Crippen LogP contribution is 2.22. The molecule has 9 heteroatoms. The van der Waals surface area contributed by atoms with Crippen molar-refractivity contribution in [2.45, 2.75) is 26.9 Å². The van der Waals surface area contributed by atoms with Crippen LogP contribution in [0.25, 0.3) is 0 Å². The van der Waals surface area contributed by atoms with Gasteiger partial charge in [-0.3, -0.25) is 19.6 Å². The van der Waals surface area contributed by atoms with Crippen LogP contribution in [0.3, 0.4) is 0 Å². The minimum atomic E-state index is -0.409. The monoisotopic (exact) mass is 451 g/mol. The molecule has 2 aromatic carbocycles. The fraction of sp³-hybridized carbons (Fsp3) is 0.333. The molecule has 0 unspecified atom stereocenters. The summed E-state index contributed by atoms with van der Waals surface area (Å²) >= 11 is 0. The number of hydrogen-bond donors (Lipinski definition) is 1. The summed E-state index contributed by atoms with van der Waals surface area (Å²) in [4.78, 5) is 25.4. The van der Waals surface area contributed by atoms with Gasteiger partial charge in [0.15, 0.2) is 0 Å². The van der Waals surface area contributed by atoms with E-state index >= 15 is 0 Å². The molecule has 0 aliphatic carbocycles. The molecule has 1 aromatic heterocycles. The molecule has 3 aromatic rings. The standard InChI is InChI=1S/C24H29N5O4/c1-17-23(29(31)32)18(2)28(26-17)16-19-8-10-21(11-9-19)24(30)25-15-20-6-5-7-22(14-20)33-13-12-27(3)4/h5-11,14H,12-13,15-16H2,1-4H3,(H,25,30). The summed E-state index contributed by atoms with van der Waals surface area (Å²) in [6.45, 7) is 5.51. The van der Waals surface area contributed by atoms with Gasteiger partial charge in [0.2, 0.25) is 0 Å². The molecule has 1 heterocycles. The van der Waals surface area contributed by atoms with Crippen LogP contribution in [-0.2, 0) is 13.1 Å². The maximum atomic E-state index is 12.6. The molecule has 33 heavy (non-hydrogen) atoms. The Morgan fingerprint density at radius 2 is 1.88 bits per heavy atom. The molecule has 0 saturated heterocycles. The van der Waals surface area contributed by atoms with Crippen LogP contribution >= 0.6 is 0 Å². The average Bonchev–Trinajstić information content (AvgIpc) is 3.05. The molecule has 3 rings (SSSR count). The molecule has 0 bridgehead atoms. The van der Waals surface area contributed by atoms with Crippen molar-refractivity contribution in [1.29, 1.82) is 0 Å². The number of aryl methyl sites for hydroxylation is 1. The van der Waals surface area contributed by atoms with Gasteiger partial charge in [0, 0.05) is 18.7 Å². The second-order valence-corrected chi connectivity index (χ2v) is 8.11. The molecule has 1 N–H and O–H groups in total. The van der Waals surface area contributed by atoms with Gasteiger partial charge < -0.3 is 15.0 Å². The Morgan fingerprint density at radius 3 is 2.52 bits per heavy atom. The smallest absolute Gasteiger partial charge is 0.312 e. The Kier molecular flexibility index (Phi) is 7.78. The molecule has 1 amide bonds. The van der Waals surface area contributed by atoms with Crippen LogP contribution in [0.5, 0.6) is 5.75 Å².